The van der Waals surface area contributed by atoms with Gasteiger partial charge in [0, 0.05) is 23.3 Å². The molecule has 0 saturated carbocycles. The third-order valence-corrected chi connectivity index (χ3v) is 5.12. The number of aryl methyl sites for hydroxylation is 1. The summed E-state index contributed by atoms with van der Waals surface area (Å²) in [6, 6.07) is 6.87. The molecule has 3 heterocycles. The molecule has 0 bridgehead atoms. The summed E-state index contributed by atoms with van der Waals surface area (Å²) in [6.07, 6.45) is 3.34. The summed E-state index contributed by atoms with van der Waals surface area (Å²) in [7, 11) is 0. The van der Waals surface area contributed by atoms with Gasteiger partial charge < -0.3 is 5.32 Å². The molecule has 3 amide bonds. The van der Waals surface area contributed by atoms with Crippen molar-refractivity contribution in [2.45, 2.75) is 13.3 Å². The van der Waals surface area contributed by atoms with Crippen molar-refractivity contribution in [2.24, 2.45) is 0 Å². The summed E-state index contributed by atoms with van der Waals surface area (Å²) in [6.45, 7) is 1.81. The number of rotatable bonds is 4. The van der Waals surface area contributed by atoms with Crippen molar-refractivity contribution in [1.29, 1.82) is 0 Å². The van der Waals surface area contributed by atoms with Crippen LogP contribution in [0.2, 0.25) is 0 Å². The Morgan fingerprint density at radius 1 is 1.15 bits per heavy atom. The molecule has 3 aromatic rings. The minimum Gasteiger partial charge on any atom is -0.310 e. The van der Waals surface area contributed by atoms with E-state index in [0.717, 1.165) is 16.1 Å². The Hall–Kier alpha value is -3.39. The summed E-state index contributed by atoms with van der Waals surface area (Å²) in [5.41, 5.74) is 2.78. The maximum Gasteiger partial charge on any atom is 0.259 e. The first-order valence-electron chi connectivity index (χ1n) is 8.17. The van der Waals surface area contributed by atoms with Gasteiger partial charge in [-0.1, -0.05) is 6.07 Å². The molecule has 2 N–H and O–H groups in total. The third-order valence-electron chi connectivity index (χ3n) is 4.29. The number of carbonyl (C=O) groups is 3. The third kappa shape index (κ3) is 3.22. The number of nitrogens with one attached hydrogen (secondary N) is 2. The van der Waals surface area contributed by atoms with E-state index in [1.807, 2.05) is 11.4 Å². The smallest absolute Gasteiger partial charge is 0.259 e. The van der Waals surface area contributed by atoms with Gasteiger partial charge in [-0.2, -0.15) is 0 Å². The lowest BCUT2D eigenvalue weighted by Gasteiger charge is -2.10. The van der Waals surface area contributed by atoms with Crippen LogP contribution < -0.4 is 10.6 Å². The predicted octanol–water partition coefficient (Wildman–Crippen LogP) is 2.58. The Morgan fingerprint density at radius 3 is 2.70 bits per heavy atom. The minimum absolute atomic E-state index is 0.0222. The summed E-state index contributed by atoms with van der Waals surface area (Å²) in [4.78, 5) is 44.8. The van der Waals surface area contributed by atoms with E-state index >= 15 is 0 Å². The average Bonchev–Trinajstić information content (AvgIpc) is 3.27. The number of nitrogens with zero attached hydrogens (tertiary/aromatic N) is 2. The van der Waals surface area contributed by atoms with E-state index in [4.69, 9.17) is 0 Å². The number of amides is 3. The number of carbonyl (C=O) groups excluding carboxylic acids is 3. The molecular formula is C19H14N4O3S. The molecule has 0 saturated heterocycles. The Balaban J connectivity index is 1.52. The highest BCUT2D eigenvalue weighted by molar-refractivity contribution is 7.13. The van der Waals surface area contributed by atoms with E-state index in [1.54, 1.807) is 37.5 Å². The summed E-state index contributed by atoms with van der Waals surface area (Å²) in [5, 5.41) is 7.72. The average molecular weight is 378 g/mol. The molecule has 1 aromatic carbocycles. The molecule has 0 fully saturated rings. The maximum absolute atomic E-state index is 12.5. The molecule has 7 nitrogen and oxygen atoms in total. The van der Waals surface area contributed by atoms with Crippen LogP contribution >= 0.6 is 11.3 Å². The zero-order valence-corrected chi connectivity index (χ0v) is 15.1. The highest BCUT2D eigenvalue weighted by Crippen LogP contribution is 2.25. The summed E-state index contributed by atoms with van der Waals surface area (Å²) < 4.78 is 0. The van der Waals surface area contributed by atoms with E-state index < -0.39 is 11.8 Å². The lowest BCUT2D eigenvalue weighted by Crippen LogP contribution is -2.21. The standard InChI is InChI=1S/C19H14N4O3S/c1-10-2-4-12-16(18(26)23-17(12)25)13(10)8-15(24)22-14-5-3-11(9-21-14)19-20-6-7-27-19/h2-7,9H,8H2,1H3,(H,21,22,24)(H,23,25,26). The number of hydrogen-bond acceptors (Lipinski definition) is 6. The predicted molar refractivity (Wildman–Crippen MR) is 101 cm³/mol. The second-order valence-corrected chi connectivity index (χ2v) is 6.96. The normalized spacial score (nSPS) is 12.6. The highest BCUT2D eigenvalue weighted by atomic mass is 32.1. The van der Waals surface area contributed by atoms with E-state index in [9.17, 15) is 14.4 Å². The molecule has 0 atom stereocenters. The second-order valence-electron chi connectivity index (χ2n) is 6.06. The quantitative estimate of drug-likeness (QED) is 0.680. The van der Waals surface area contributed by atoms with E-state index in [1.165, 1.54) is 11.3 Å². The van der Waals surface area contributed by atoms with Gasteiger partial charge in [0.1, 0.15) is 10.8 Å². The van der Waals surface area contributed by atoms with Crippen LogP contribution in [0, 0.1) is 6.92 Å². The topological polar surface area (TPSA) is 101 Å². The number of fused-ring (bicyclic) bond motifs is 1. The van der Waals surface area contributed by atoms with Gasteiger partial charge >= 0.3 is 0 Å². The van der Waals surface area contributed by atoms with Gasteiger partial charge in [0.25, 0.3) is 11.8 Å². The summed E-state index contributed by atoms with van der Waals surface area (Å²) >= 11 is 1.51. The van der Waals surface area contributed by atoms with E-state index in [0.29, 0.717) is 16.9 Å². The van der Waals surface area contributed by atoms with Crippen molar-refractivity contribution in [3.05, 3.63) is 64.3 Å². The second kappa shape index (κ2) is 6.73. The molecule has 0 spiro atoms. The van der Waals surface area contributed by atoms with Crippen LogP contribution in [0.25, 0.3) is 10.6 Å². The molecule has 0 unspecified atom stereocenters. The SMILES string of the molecule is Cc1ccc2c(c1CC(=O)Nc1ccc(-c3nccs3)cn1)C(=O)NC2=O. The van der Waals surface area contributed by atoms with Gasteiger partial charge in [-0.3, -0.25) is 19.7 Å². The molecule has 8 heteroatoms. The molecule has 134 valence electrons. The fraction of sp³-hybridized carbons (Fsp3) is 0.105. The first kappa shape index (κ1) is 17.0. The minimum atomic E-state index is -0.465. The van der Waals surface area contributed by atoms with Crippen molar-refractivity contribution < 1.29 is 14.4 Å². The van der Waals surface area contributed by atoms with E-state index in [2.05, 4.69) is 20.6 Å². The van der Waals surface area contributed by atoms with E-state index in [-0.39, 0.29) is 17.9 Å². The Kier molecular flexibility index (Phi) is 4.25. The van der Waals surface area contributed by atoms with Crippen molar-refractivity contribution in [1.82, 2.24) is 15.3 Å². The molecule has 27 heavy (non-hydrogen) atoms. The first-order chi connectivity index (χ1) is 13.0. The maximum atomic E-state index is 12.5. The monoisotopic (exact) mass is 378 g/mol. The van der Waals surface area contributed by atoms with Gasteiger partial charge in [-0.15, -0.1) is 11.3 Å². The van der Waals surface area contributed by atoms with Crippen LogP contribution in [0.5, 0.6) is 0 Å². The van der Waals surface area contributed by atoms with Gasteiger partial charge in [0.05, 0.1) is 17.5 Å². The number of anilines is 1. The Bertz CT molecular complexity index is 1060. The summed E-state index contributed by atoms with van der Waals surface area (Å²) in [5.74, 6) is -0.803. The zero-order valence-electron chi connectivity index (χ0n) is 14.3. The van der Waals surface area contributed by atoms with Crippen molar-refractivity contribution in [2.75, 3.05) is 5.32 Å². The van der Waals surface area contributed by atoms with Crippen LogP contribution in [-0.4, -0.2) is 27.7 Å². The Morgan fingerprint density at radius 2 is 2.00 bits per heavy atom. The van der Waals surface area contributed by atoms with Gasteiger partial charge in [-0.25, -0.2) is 9.97 Å². The molecule has 1 aliphatic rings. The molecule has 0 radical (unpaired) electrons. The van der Waals surface area contributed by atoms with Crippen molar-refractivity contribution in [3.8, 4) is 10.6 Å². The lowest BCUT2D eigenvalue weighted by atomic mass is 9.95. The molecular weight excluding hydrogens is 364 g/mol. The van der Waals surface area contributed by atoms with Crippen molar-refractivity contribution >= 4 is 34.9 Å². The van der Waals surface area contributed by atoms with Gasteiger partial charge in [-0.05, 0) is 36.2 Å². The number of hydrogen-bond donors (Lipinski definition) is 2. The number of aromatic nitrogens is 2. The molecule has 0 aliphatic carbocycles. The van der Waals surface area contributed by atoms with Crippen LogP contribution in [-0.2, 0) is 11.2 Å². The number of imide groups is 1. The zero-order chi connectivity index (χ0) is 19.0. The van der Waals surface area contributed by atoms with Gasteiger partial charge in [0.2, 0.25) is 5.91 Å². The van der Waals surface area contributed by atoms with Crippen LogP contribution in [0.3, 0.4) is 0 Å². The van der Waals surface area contributed by atoms with Gasteiger partial charge in [0.15, 0.2) is 0 Å². The number of benzene rings is 1. The molecule has 4 rings (SSSR count). The molecule has 1 aliphatic heterocycles. The Labute approximate surface area is 158 Å². The van der Waals surface area contributed by atoms with Crippen molar-refractivity contribution in [3.63, 3.8) is 0 Å². The fourth-order valence-electron chi connectivity index (χ4n) is 2.97. The number of thiazole rings is 1. The largest absolute Gasteiger partial charge is 0.310 e. The van der Waals surface area contributed by atoms with Crippen LogP contribution in [0.15, 0.2) is 42.0 Å². The molecule has 2 aromatic heterocycles. The number of pyridine rings is 1. The fourth-order valence-corrected chi connectivity index (χ4v) is 3.60. The van der Waals surface area contributed by atoms with Crippen LogP contribution in [0.1, 0.15) is 31.8 Å². The lowest BCUT2D eigenvalue weighted by molar-refractivity contribution is -0.115. The van der Waals surface area contributed by atoms with Crippen LogP contribution in [0.4, 0.5) is 5.82 Å². The highest BCUT2D eigenvalue weighted by Gasteiger charge is 2.30. The first-order valence-corrected chi connectivity index (χ1v) is 9.05.